The molecular weight excluding hydrogens is 358 g/mol. The van der Waals surface area contributed by atoms with Gasteiger partial charge in [-0.15, -0.1) is 0 Å². The molecule has 0 radical (unpaired) electrons. The van der Waals surface area contributed by atoms with Crippen molar-refractivity contribution in [2.45, 2.75) is 63.5 Å². The van der Waals surface area contributed by atoms with E-state index in [1.165, 1.54) is 13.8 Å². The van der Waals surface area contributed by atoms with Gasteiger partial charge in [0.2, 0.25) is 5.91 Å². The fourth-order valence-electron chi connectivity index (χ4n) is 4.00. The van der Waals surface area contributed by atoms with E-state index in [0.717, 1.165) is 19.3 Å². The van der Waals surface area contributed by atoms with Crippen LogP contribution in [0.4, 0.5) is 0 Å². The SMILES string of the molecule is CC(C)(C(=O)N1CCOCC1)S(=O)(=O)CC1(CCC(=O)O)CCCCC1. The zero-order valence-corrected chi connectivity index (χ0v) is 16.6. The molecule has 1 amide bonds. The van der Waals surface area contributed by atoms with E-state index in [1.807, 2.05) is 0 Å². The predicted octanol–water partition coefficient (Wildman–Crippen LogP) is 1.85. The lowest BCUT2D eigenvalue weighted by molar-refractivity contribution is -0.138. The van der Waals surface area contributed by atoms with Crippen LogP contribution in [0.5, 0.6) is 0 Å². The summed E-state index contributed by atoms with van der Waals surface area (Å²) in [5, 5.41) is 9.05. The molecule has 1 aliphatic carbocycles. The van der Waals surface area contributed by atoms with E-state index in [-0.39, 0.29) is 18.1 Å². The number of carbonyl (C=O) groups excluding carboxylic acids is 1. The summed E-state index contributed by atoms with van der Waals surface area (Å²) in [4.78, 5) is 25.5. The molecule has 26 heavy (non-hydrogen) atoms. The van der Waals surface area contributed by atoms with Crippen LogP contribution in [0.2, 0.25) is 0 Å². The number of carboxylic acid groups (broad SMARTS) is 1. The normalized spacial score (nSPS) is 21.4. The second-order valence-corrected chi connectivity index (χ2v) is 10.7. The minimum Gasteiger partial charge on any atom is -0.481 e. The standard InChI is InChI=1S/C18H31NO6S/c1-17(2,16(22)19-10-12-25-13-11-19)26(23,24)14-18(9-6-15(20)21)7-4-3-5-8-18/h3-14H2,1-2H3,(H,20,21). The first-order chi connectivity index (χ1) is 12.1. The van der Waals surface area contributed by atoms with Crippen LogP contribution in [-0.4, -0.2) is 67.1 Å². The van der Waals surface area contributed by atoms with Crippen molar-refractivity contribution in [3.05, 3.63) is 0 Å². The van der Waals surface area contributed by atoms with Crippen molar-refractivity contribution < 1.29 is 27.9 Å². The summed E-state index contributed by atoms with van der Waals surface area (Å²) in [5.41, 5.74) is -0.530. The van der Waals surface area contributed by atoms with Crippen molar-refractivity contribution in [3.63, 3.8) is 0 Å². The molecule has 0 atom stereocenters. The minimum atomic E-state index is -3.74. The second-order valence-electron chi connectivity index (χ2n) is 8.13. The maximum atomic E-state index is 13.2. The molecule has 0 bridgehead atoms. The highest BCUT2D eigenvalue weighted by Crippen LogP contribution is 2.43. The van der Waals surface area contributed by atoms with Crippen LogP contribution < -0.4 is 0 Å². The zero-order valence-electron chi connectivity index (χ0n) is 15.8. The van der Waals surface area contributed by atoms with E-state index in [1.54, 1.807) is 4.90 Å². The zero-order chi connectivity index (χ0) is 19.4. The summed E-state index contributed by atoms with van der Waals surface area (Å²) in [6, 6.07) is 0. The molecule has 0 aromatic heterocycles. The predicted molar refractivity (Wildman–Crippen MR) is 97.7 cm³/mol. The van der Waals surface area contributed by atoms with Crippen molar-refractivity contribution in [3.8, 4) is 0 Å². The Hall–Kier alpha value is -1.15. The quantitative estimate of drug-likeness (QED) is 0.713. The van der Waals surface area contributed by atoms with Crippen LogP contribution in [0.3, 0.4) is 0 Å². The summed E-state index contributed by atoms with van der Waals surface area (Å²) >= 11 is 0. The van der Waals surface area contributed by atoms with Crippen LogP contribution >= 0.6 is 0 Å². The average molecular weight is 390 g/mol. The topological polar surface area (TPSA) is 101 Å². The number of amides is 1. The highest BCUT2D eigenvalue weighted by atomic mass is 32.2. The van der Waals surface area contributed by atoms with Crippen molar-refractivity contribution in [1.29, 1.82) is 0 Å². The van der Waals surface area contributed by atoms with E-state index in [2.05, 4.69) is 0 Å². The molecule has 0 aromatic rings. The van der Waals surface area contributed by atoms with Gasteiger partial charge >= 0.3 is 5.97 Å². The average Bonchev–Trinajstić information content (AvgIpc) is 2.60. The molecule has 7 nitrogen and oxygen atoms in total. The Labute approximate surface area is 156 Å². The van der Waals surface area contributed by atoms with Crippen molar-refractivity contribution in [2.75, 3.05) is 32.1 Å². The summed E-state index contributed by atoms with van der Waals surface area (Å²) in [5.74, 6) is -1.41. The molecule has 2 rings (SSSR count). The summed E-state index contributed by atoms with van der Waals surface area (Å²) in [7, 11) is -3.74. The van der Waals surface area contributed by atoms with Crippen LogP contribution in [0, 0.1) is 5.41 Å². The number of rotatable bonds is 7. The number of ether oxygens (including phenoxy) is 1. The third-order valence-electron chi connectivity index (χ3n) is 5.87. The number of carboxylic acids is 1. The van der Waals surface area contributed by atoms with Crippen LogP contribution in [0.1, 0.15) is 58.8 Å². The van der Waals surface area contributed by atoms with Gasteiger partial charge in [-0.3, -0.25) is 9.59 Å². The molecule has 1 aliphatic heterocycles. The van der Waals surface area contributed by atoms with Crippen molar-refractivity contribution >= 4 is 21.7 Å². The maximum absolute atomic E-state index is 13.2. The third-order valence-corrected chi connectivity index (χ3v) is 8.59. The number of carbonyl (C=O) groups is 2. The van der Waals surface area contributed by atoms with Gasteiger partial charge in [-0.1, -0.05) is 19.3 Å². The molecule has 2 fully saturated rings. The molecule has 1 saturated carbocycles. The Morgan fingerprint density at radius 2 is 1.69 bits per heavy atom. The third kappa shape index (κ3) is 4.76. The molecule has 150 valence electrons. The van der Waals surface area contributed by atoms with Gasteiger partial charge in [-0.25, -0.2) is 8.42 Å². The Morgan fingerprint density at radius 3 is 2.23 bits per heavy atom. The number of hydrogen-bond donors (Lipinski definition) is 1. The Bertz CT molecular complexity index is 616. The molecule has 1 saturated heterocycles. The number of aliphatic carboxylic acids is 1. The van der Waals surface area contributed by atoms with Crippen LogP contribution in [-0.2, 0) is 24.2 Å². The van der Waals surface area contributed by atoms with E-state index in [0.29, 0.717) is 45.6 Å². The Balaban J connectivity index is 2.19. The monoisotopic (exact) mass is 389 g/mol. The molecule has 0 unspecified atom stereocenters. The molecule has 0 spiro atoms. The first-order valence-corrected chi connectivity index (χ1v) is 11.1. The van der Waals surface area contributed by atoms with E-state index < -0.39 is 26.0 Å². The lowest BCUT2D eigenvalue weighted by Gasteiger charge is -2.40. The highest BCUT2D eigenvalue weighted by molar-refractivity contribution is 7.93. The molecular formula is C18H31NO6S. The molecule has 1 heterocycles. The van der Waals surface area contributed by atoms with Crippen molar-refractivity contribution in [1.82, 2.24) is 4.90 Å². The first-order valence-electron chi connectivity index (χ1n) is 9.41. The second kappa shape index (κ2) is 8.25. The number of nitrogens with zero attached hydrogens (tertiary/aromatic N) is 1. The Morgan fingerprint density at radius 1 is 1.12 bits per heavy atom. The smallest absolute Gasteiger partial charge is 0.303 e. The summed E-state index contributed by atoms with van der Waals surface area (Å²) in [6.45, 7) is 4.61. The van der Waals surface area contributed by atoms with Crippen molar-refractivity contribution in [2.24, 2.45) is 5.41 Å². The van der Waals surface area contributed by atoms with E-state index in [4.69, 9.17) is 9.84 Å². The maximum Gasteiger partial charge on any atom is 0.303 e. The van der Waals surface area contributed by atoms with Gasteiger partial charge in [0.15, 0.2) is 9.84 Å². The number of morpholine rings is 1. The number of sulfone groups is 1. The minimum absolute atomic E-state index is 0.0344. The molecule has 1 N–H and O–H groups in total. The highest BCUT2D eigenvalue weighted by Gasteiger charge is 2.48. The van der Waals surface area contributed by atoms with E-state index in [9.17, 15) is 18.0 Å². The van der Waals surface area contributed by atoms with Gasteiger partial charge in [-0.2, -0.15) is 0 Å². The molecule has 8 heteroatoms. The largest absolute Gasteiger partial charge is 0.481 e. The first kappa shape index (κ1) is 21.2. The van der Waals surface area contributed by atoms with Crippen LogP contribution in [0.15, 0.2) is 0 Å². The van der Waals surface area contributed by atoms with Gasteiger partial charge in [0.25, 0.3) is 0 Å². The summed E-state index contributed by atoms with van der Waals surface area (Å²) < 4.78 is 30.2. The fraction of sp³-hybridized carbons (Fsp3) is 0.889. The van der Waals surface area contributed by atoms with Gasteiger partial charge in [-0.05, 0) is 38.5 Å². The van der Waals surface area contributed by atoms with Gasteiger partial charge in [0, 0.05) is 19.5 Å². The number of hydrogen-bond acceptors (Lipinski definition) is 5. The van der Waals surface area contributed by atoms with Gasteiger partial charge < -0.3 is 14.7 Å². The lowest BCUT2D eigenvalue weighted by atomic mass is 9.72. The Kier molecular flexibility index (Phi) is 6.71. The lowest BCUT2D eigenvalue weighted by Crippen LogP contribution is -2.55. The van der Waals surface area contributed by atoms with Gasteiger partial charge in [0.05, 0.1) is 19.0 Å². The summed E-state index contributed by atoms with van der Waals surface area (Å²) in [6.07, 6.45) is 4.60. The van der Waals surface area contributed by atoms with Gasteiger partial charge in [0.1, 0.15) is 4.75 Å². The van der Waals surface area contributed by atoms with E-state index >= 15 is 0 Å². The fourth-order valence-corrected chi connectivity index (χ4v) is 6.00. The van der Waals surface area contributed by atoms with Crippen LogP contribution in [0.25, 0.3) is 0 Å². The molecule has 0 aromatic carbocycles. The molecule has 2 aliphatic rings.